The van der Waals surface area contributed by atoms with Crippen molar-refractivity contribution in [2.75, 3.05) is 0 Å². The molecule has 0 saturated heterocycles. The molecule has 1 saturated carbocycles. The lowest BCUT2D eigenvalue weighted by atomic mass is 9.71. The van der Waals surface area contributed by atoms with Crippen molar-refractivity contribution in [2.45, 2.75) is 68.2 Å². The van der Waals surface area contributed by atoms with Crippen LogP contribution >= 0.6 is 0 Å². The summed E-state index contributed by atoms with van der Waals surface area (Å²) in [6, 6.07) is 0. The minimum atomic E-state index is 0.475. The van der Waals surface area contributed by atoms with Crippen LogP contribution in [0, 0.1) is 40.9 Å². The largest absolute Gasteiger partial charge is 0.0651 e. The molecular formula is C17H34. The van der Waals surface area contributed by atoms with Gasteiger partial charge in [-0.05, 0) is 47.3 Å². The van der Waals surface area contributed by atoms with Gasteiger partial charge in [-0.3, -0.25) is 0 Å². The Balaban J connectivity index is 2.74. The normalized spacial score (nSPS) is 40.6. The van der Waals surface area contributed by atoms with Crippen LogP contribution in [0.25, 0.3) is 0 Å². The highest BCUT2D eigenvalue weighted by Crippen LogP contribution is 2.49. The Morgan fingerprint density at radius 3 is 1.53 bits per heavy atom. The van der Waals surface area contributed by atoms with Crippen LogP contribution in [0.5, 0.6) is 0 Å². The lowest BCUT2D eigenvalue weighted by molar-refractivity contribution is 0.153. The van der Waals surface area contributed by atoms with Gasteiger partial charge in [0.05, 0.1) is 0 Å². The zero-order chi connectivity index (χ0) is 13.4. The molecule has 5 unspecified atom stereocenters. The van der Waals surface area contributed by atoms with Gasteiger partial charge in [0.15, 0.2) is 0 Å². The Morgan fingerprint density at radius 2 is 1.24 bits per heavy atom. The molecule has 17 heavy (non-hydrogen) atoms. The fraction of sp³-hybridized carbons (Fsp3) is 1.00. The Labute approximate surface area is 110 Å². The summed E-state index contributed by atoms with van der Waals surface area (Å²) < 4.78 is 0. The highest BCUT2D eigenvalue weighted by atomic mass is 14.5. The van der Waals surface area contributed by atoms with Gasteiger partial charge in [-0.2, -0.15) is 0 Å². The summed E-state index contributed by atoms with van der Waals surface area (Å²) in [6.45, 7) is 19.5. The summed E-state index contributed by atoms with van der Waals surface area (Å²) in [5, 5.41) is 0. The minimum Gasteiger partial charge on any atom is -0.0651 e. The molecule has 0 spiro atoms. The van der Waals surface area contributed by atoms with E-state index in [-0.39, 0.29) is 0 Å². The third-order valence-electron chi connectivity index (χ3n) is 6.11. The van der Waals surface area contributed by atoms with E-state index in [1.165, 1.54) is 12.8 Å². The van der Waals surface area contributed by atoms with Gasteiger partial charge in [0.2, 0.25) is 0 Å². The summed E-state index contributed by atoms with van der Waals surface area (Å²) in [5.41, 5.74) is 0.475. The first kappa shape index (κ1) is 15.1. The van der Waals surface area contributed by atoms with Crippen molar-refractivity contribution in [3.05, 3.63) is 0 Å². The third-order valence-corrected chi connectivity index (χ3v) is 6.11. The van der Waals surface area contributed by atoms with Crippen molar-refractivity contribution in [1.82, 2.24) is 0 Å². The molecule has 1 fully saturated rings. The molecule has 102 valence electrons. The lowest BCUT2D eigenvalue weighted by Gasteiger charge is -2.35. The van der Waals surface area contributed by atoms with Crippen molar-refractivity contribution >= 4 is 0 Å². The van der Waals surface area contributed by atoms with Crippen molar-refractivity contribution in [3.63, 3.8) is 0 Å². The maximum absolute atomic E-state index is 2.49. The van der Waals surface area contributed by atoms with Gasteiger partial charge in [-0.1, -0.05) is 61.8 Å². The van der Waals surface area contributed by atoms with E-state index in [1.54, 1.807) is 0 Å². The topological polar surface area (TPSA) is 0 Å². The monoisotopic (exact) mass is 238 g/mol. The Kier molecular flexibility index (Phi) is 4.72. The summed E-state index contributed by atoms with van der Waals surface area (Å²) in [6.07, 6.45) is 2.78. The second-order valence-corrected chi connectivity index (χ2v) is 7.81. The van der Waals surface area contributed by atoms with Gasteiger partial charge in [0, 0.05) is 0 Å². The molecule has 1 rings (SSSR count). The average Bonchev–Trinajstić information content (AvgIpc) is 2.40. The quantitative estimate of drug-likeness (QED) is 0.598. The Morgan fingerprint density at radius 1 is 0.824 bits per heavy atom. The molecule has 1 aliphatic carbocycles. The molecule has 0 aromatic heterocycles. The fourth-order valence-corrected chi connectivity index (χ4v) is 4.11. The van der Waals surface area contributed by atoms with E-state index in [0.717, 1.165) is 35.5 Å². The molecule has 0 amide bonds. The van der Waals surface area contributed by atoms with Crippen molar-refractivity contribution < 1.29 is 0 Å². The average molecular weight is 238 g/mol. The van der Waals surface area contributed by atoms with Crippen molar-refractivity contribution in [2.24, 2.45) is 40.9 Å². The molecule has 0 aromatic rings. The molecule has 0 aromatic carbocycles. The number of hydrogen-bond acceptors (Lipinski definition) is 0. The molecule has 0 nitrogen and oxygen atoms in total. The van der Waals surface area contributed by atoms with Crippen LogP contribution in [-0.2, 0) is 0 Å². The molecule has 5 atom stereocenters. The van der Waals surface area contributed by atoms with Crippen molar-refractivity contribution in [1.29, 1.82) is 0 Å². The van der Waals surface area contributed by atoms with Gasteiger partial charge >= 0.3 is 0 Å². The summed E-state index contributed by atoms with van der Waals surface area (Å²) in [4.78, 5) is 0. The highest BCUT2D eigenvalue weighted by Gasteiger charge is 2.42. The van der Waals surface area contributed by atoms with E-state index < -0.39 is 0 Å². The van der Waals surface area contributed by atoms with E-state index >= 15 is 0 Å². The molecule has 0 radical (unpaired) electrons. The van der Waals surface area contributed by atoms with Crippen LogP contribution in [0.1, 0.15) is 68.2 Å². The molecule has 1 aliphatic rings. The van der Waals surface area contributed by atoms with Gasteiger partial charge in [0.1, 0.15) is 0 Å². The van der Waals surface area contributed by atoms with E-state index in [0.29, 0.717) is 5.41 Å². The standard InChI is InChI=1S/C17H34/c1-9-15(17(6,7)8)10-16-13(4)11(2)12(3)14(16)5/h11-16H,9-10H2,1-8H3. The maximum atomic E-state index is 2.49. The molecule has 0 heteroatoms. The van der Waals surface area contributed by atoms with E-state index in [2.05, 4.69) is 55.4 Å². The zero-order valence-electron chi connectivity index (χ0n) is 13.4. The predicted octanol–water partition coefficient (Wildman–Crippen LogP) is 5.62. The smallest absolute Gasteiger partial charge is 0.0354 e. The van der Waals surface area contributed by atoms with Crippen LogP contribution in [0.15, 0.2) is 0 Å². The summed E-state index contributed by atoms with van der Waals surface area (Å²) >= 11 is 0. The van der Waals surface area contributed by atoms with Crippen LogP contribution in [0.2, 0.25) is 0 Å². The lowest BCUT2D eigenvalue weighted by Crippen LogP contribution is -2.26. The van der Waals surface area contributed by atoms with E-state index in [1.807, 2.05) is 0 Å². The second kappa shape index (κ2) is 5.33. The molecular weight excluding hydrogens is 204 g/mol. The molecule has 0 heterocycles. The number of hydrogen-bond donors (Lipinski definition) is 0. The van der Waals surface area contributed by atoms with Crippen LogP contribution < -0.4 is 0 Å². The van der Waals surface area contributed by atoms with Crippen molar-refractivity contribution in [3.8, 4) is 0 Å². The van der Waals surface area contributed by atoms with Gasteiger partial charge < -0.3 is 0 Å². The first-order valence-corrected chi connectivity index (χ1v) is 7.70. The second-order valence-electron chi connectivity index (χ2n) is 7.81. The SMILES string of the molecule is CCC(CC1C(C)C(C)C(C)C1C)C(C)(C)C. The van der Waals surface area contributed by atoms with Crippen LogP contribution in [0.3, 0.4) is 0 Å². The minimum absolute atomic E-state index is 0.475. The first-order chi connectivity index (χ1) is 7.70. The number of rotatable bonds is 3. The molecule has 0 aliphatic heterocycles. The van der Waals surface area contributed by atoms with Gasteiger partial charge in [-0.25, -0.2) is 0 Å². The van der Waals surface area contributed by atoms with E-state index in [4.69, 9.17) is 0 Å². The maximum Gasteiger partial charge on any atom is -0.0354 e. The molecule has 0 N–H and O–H groups in total. The third kappa shape index (κ3) is 3.06. The fourth-order valence-electron chi connectivity index (χ4n) is 4.11. The van der Waals surface area contributed by atoms with Gasteiger partial charge in [-0.15, -0.1) is 0 Å². The molecule has 0 bridgehead atoms. The first-order valence-electron chi connectivity index (χ1n) is 7.70. The summed E-state index contributed by atoms with van der Waals surface area (Å²) in [5.74, 6) is 5.48. The van der Waals surface area contributed by atoms with E-state index in [9.17, 15) is 0 Å². The zero-order valence-corrected chi connectivity index (χ0v) is 13.4. The Hall–Kier alpha value is 0. The van der Waals surface area contributed by atoms with Gasteiger partial charge in [0.25, 0.3) is 0 Å². The van der Waals surface area contributed by atoms with Crippen LogP contribution in [0.4, 0.5) is 0 Å². The highest BCUT2D eigenvalue weighted by molar-refractivity contribution is 4.91. The predicted molar refractivity (Wildman–Crippen MR) is 78.0 cm³/mol. The Bertz CT molecular complexity index is 221. The summed E-state index contributed by atoms with van der Waals surface area (Å²) in [7, 11) is 0. The van der Waals surface area contributed by atoms with Crippen LogP contribution in [-0.4, -0.2) is 0 Å².